The number of nitrogens with zero attached hydrogens (tertiary/aromatic N) is 2. The summed E-state index contributed by atoms with van der Waals surface area (Å²) in [5.74, 6) is 0.545. The zero-order valence-electron chi connectivity index (χ0n) is 13.0. The summed E-state index contributed by atoms with van der Waals surface area (Å²) in [6.07, 6.45) is 0. The number of nitrogens with one attached hydrogen (secondary N) is 1. The molecule has 0 aliphatic rings. The molecule has 0 spiro atoms. The van der Waals surface area contributed by atoms with Crippen LogP contribution in [0.1, 0.15) is 5.56 Å². The van der Waals surface area contributed by atoms with Gasteiger partial charge in [-0.2, -0.15) is 0 Å². The lowest BCUT2D eigenvalue weighted by Gasteiger charge is -2.11. The van der Waals surface area contributed by atoms with E-state index in [1.54, 1.807) is 12.1 Å². The molecule has 0 saturated heterocycles. The second kappa shape index (κ2) is 6.16. The van der Waals surface area contributed by atoms with Gasteiger partial charge in [0, 0.05) is 5.69 Å². The summed E-state index contributed by atoms with van der Waals surface area (Å²) in [6, 6.07) is 24.5. The number of imidazole rings is 1. The van der Waals surface area contributed by atoms with Crippen molar-refractivity contribution in [2.75, 3.05) is 5.32 Å². The predicted molar refractivity (Wildman–Crippen MR) is 95.0 cm³/mol. The lowest BCUT2D eigenvalue weighted by Crippen LogP contribution is -2.05. The summed E-state index contributed by atoms with van der Waals surface area (Å²) < 4.78 is 15.3. The summed E-state index contributed by atoms with van der Waals surface area (Å²) in [7, 11) is 0. The van der Waals surface area contributed by atoms with Crippen molar-refractivity contribution in [1.82, 2.24) is 9.55 Å². The number of aromatic nitrogens is 2. The minimum absolute atomic E-state index is 0.225. The largest absolute Gasteiger partial charge is 0.326 e. The van der Waals surface area contributed by atoms with Gasteiger partial charge in [-0.15, -0.1) is 0 Å². The van der Waals surface area contributed by atoms with Gasteiger partial charge in [0.15, 0.2) is 0 Å². The van der Waals surface area contributed by atoms with Crippen LogP contribution in [0.25, 0.3) is 11.0 Å². The van der Waals surface area contributed by atoms with Gasteiger partial charge in [-0.05, 0) is 42.0 Å². The molecule has 0 aliphatic carbocycles. The molecule has 118 valence electrons. The standard InChI is InChI=1S/C20H16FN3/c21-16-12-10-15(11-13-16)14-24-19-9-5-4-8-18(19)23-20(24)22-17-6-2-1-3-7-17/h1-13H,14H2,(H,22,23). The van der Waals surface area contributed by atoms with Gasteiger partial charge in [-0.25, -0.2) is 9.37 Å². The topological polar surface area (TPSA) is 29.9 Å². The Kier molecular flexibility index (Phi) is 3.71. The molecule has 0 radical (unpaired) electrons. The Bertz CT molecular complexity index is 959. The van der Waals surface area contributed by atoms with Crippen LogP contribution in [0.3, 0.4) is 0 Å². The normalized spacial score (nSPS) is 10.9. The highest BCUT2D eigenvalue weighted by Gasteiger charge is 2.11. The van der Waals surface area contributed by atoms with E-state index in [4.69, 9.17) is 4.98 Å². The highest BCUT2D eigenvalue weighted by molar-refractivity contribution is 5.79. The third-order valence-corrected chi connectivity index (χ3v) is 3.94. The molecule has 0 amide bonds. The highest BCUT2D eigenvalue weighted by atomic mass is 19.1. The molecule has 4 heteroatoms. The number of hydrogen-bond donors (Lipinski definition) is 1. The third kappa shape index (κ3) is 2.86. The van der Waals surface area contributed by atoms with E-state index in [1.807, 2.05) is 54.6 Å². The fourth-order valence-corrected chi connectivity index (χ4v) is 2.75. The molecule has 0 bridgehead atoms. The third-order valence-electron chi connectivity index (χ3n) is 3.94. The number of rotatable bonds is 4. The summed E-state index contributed by atoms with van der Waals surface area (Å²) >= 11 is 0. The first-order valence-electron chi connectivity index (χ1n) is 7.81. The van der Waals surface area contributed by atoms with E-state index in [2.05, 4.69) is 9.88 Å². The molecule has 1 heterocycles. The van der Waals surface area contributed by atoms with E-state index >= 15 is 0 Å². The van der Waals surface area contributed by atoms with E-state index < -0.39 is 0 Å². The van der Waals surface area contributed by atoms with Gasteiger partial charge in [0.25, 0.3) is 0 Å². The van der Waals surface area contributed by atoms with Crippen LogP contribution in [0.5, 0.6) is 0 Å². The van der Waals surface area contributed by atoms with Gasteiger partial charge < -0.3 is 9.88 Å². The van der Waals surface area contributed by atoms with Crippen LogP contribution in [-0.2, 0) is 6.54 Å². The number of halogens is 1. The Morgan fingerprint density at radius 1 is 0.833 bits per heavy atom. The second-order valence-electron chi connectivity index (χ2n) is 5.63. The van der Waals surface area contributed by atoms with Gasteiger partial charge in [0.1, 0.15) is 5.82 Å². The van der Waals surface area contributed by atoms with Gasteiger partial charge >= 0.3 is 0 Å². The van der Waals surface area contributed by atoms with Crippen molar-refractivity contribution in [3.63, 3.8) is 0 Å². The minimum Gasteiger partial charge on any atom is -0.326 e. The van der Waals surface area contributed by atoms with Crippen LogP contribution < -0.4 is 5.32 Å². The van der Waals surface area contributed by atoms with Gasteiger partial charge in [-0.3, -0.25) is 0 Å². The molecule has 3 nitrogen and oxygen atoms in total. The van der Waals surface area contributed by atoms with Crippen molar-refractivity contribution in [3.05, 3.63) is 90.2 Å². The van der Waals surface area contributed by atoms with E-state index in [0.29, 0.717) is 6.54 Å². The van der Waals surface area contributed by atoms with Crippen molar-refractivity contribution in [3.8, 4) is 0 Å². The average molecular weight is 317 g/mol. The highest BCUT2D eigenvalue weighted by Crippen LogP contribution is 2.24. The Hall–Kier alpha value is -3.14. The number of benzene rings is 3. The van der Waals surface area contributed by atoms with Crippen molar-refractivity contribution in [1.29, 1.82) is 0 Å². The number of hydrogen-bond acceptors (Lipinski definition) is 2. The average Bonchev–Trinajstić information content (AvgIpc) is 2.95. The van der Waals surface area contributed by atoms with Crippen LogP contribution in [-0.4, -0.2) is 9.55 Å². The summed E-state index contributed by atoms with van der Waals surface area (Å²) in [6.45, 7) is 0.621. The molecule has 0 aliphatic heterocycles. The number of para-hydroxylation sites is 3. The second-order valence-corrected chi connectivity index (χ2v) is 5.63. The molecule has 0 atom stereocenters. The maximum atomic E-state index is 13.2. The summed E-state index contributed by atoms with van der Waals surface area (Å²) in [4.78, 5) is 4.70. The molecular formula is C20H16FN3. The lowest BCUT2D eigenvalue weighted by molar-refractivity contribution is 0.626. The number of anilines is 2. The smallest absolute Gasteiger partial charge is 0.208 e. The van der Waals surface area contributed by atoms with Crippen molar-refractivity contribution < 1.29 is 4.39 Å². The first kappa shape index (κ1) is 14.5. The first-order chi connectivity index (χ1) is 11.8. The maximum absolute atomic E-state index is 13.2. The van der Waals surface area contributed by atoms with Crippen LogP contribution in [0.15, 0.2) is 78.9 Å². The van der Waals surface area contributed by atoms with Crippen molar-refractivity contribution in [2.24, 2.45) is 0 Å². The molecule has 3 aromatic carbocycles. The van der Waals surface area contributed by atoms with Gasteiger partial charge in [0.05, 0.1) is 17.6 Å². The Labute approximate surface area is 139 Å². The Morgan fingerprint density at radius 3 is 2.33 bits per heavy atom. The summed E-state index contributed by atoms with van der Waals surface area (Å²) in [5.41, 5.74) is 3.97. The molecule has 0 unspecified atom stereocenters. The molecule has 1 N–H and O–H groups in total. The maximum Gasteiger partial charge on any atom is 0.208 e. The monoisotopic (exact) mass is 317 g/mol. The fourth-order valence-electron chi connectivity index (χ4n) is 2.75. The predicted octanol–water partition coefficient (Wildman–Crippen LogP) is 4.97. The molecule has 0 saturated carbocycles. The quantitative estimate of drug-likeness (QED) is 0.576. The zero-order chi connectivity index (χ0) is 16.4. The minimum atomic E-state index is -0.225. The SMILES string of the molecule is Fc1ccc(Cn2c(Nc3ccccc3)nc3ccccc32)cc1. The van der Waals surface area contributed by atoms with Crippen LogP contribution in [0, 0.1) is 5.82 Å². The Balaban J connectivity index is 1.76. The number of fused-ring (bicyclic) bond motifs is 1. The van der Waals surface area contributed by atoms with Gasteiger partial charge in [-0.1, -0.05) is 42.5 Å². The molecule has 24 heavy (non-hydrogen) atoms. The van der Waals surface area contributed by atoms with Crippen molar-refractivity contribution in [2.45, 2.75) is 6.54 Å². The molecular weight excluding hydrogens is 301 g/mol. The van der Waals surface area contributed by atoms with E-state index in [0.717, 1.165) is 28.2 Å². The lowest BCUT2D eigenvalue weighted by atomic mass is 10.2. The molecule has 0 fully saturated rings. The van der Waals surface area contributed by atoms with Gasteiger partial charge in [0.2, 0.25) is 5.95 Å². The fraction of sp³-hybridized carbons (Fsp3) is 0.0500. The van der Waals surface area contributed by atoms with Crippen LogP contribution in [0.4, 0.5) is 16.0 Å². The molecule has 4 aromatic rings. The van der Waals surface area contributed by atoms with E-state index in [-0.39, 0.29) is 5.82 Å². The molecule has 1 aromatic heterocycles. The zero-order valence-corrected chi connectivity index (χ0v) is 13.0. The summed E-state index contributed by atoms with van der Waals surface area (Å²) in [5, 5.41) is 3.37. The molecule has 4 rings (SSSR count). The first-order valence-corrected chi connectivity index (χ1v) is 7.81. The van der Waals surface area contributed by atoms with Crippen LogP contribution >= 0.6 is 0 Å². The van der Waals surface area contributed by atoms with E-state index in [1.165, 1.54) is 12.1 Å². The van der Waals surface area contributed by atoms with Crippen LogP contribution in [0.2, 0.25) is 0 Å². The van der Waals surface area contributed by atoms with Crippen molar-refractivity contribution >= 4 is 22.7 Å². The Morgan fingerprint density at radius 2 is 1.54 bits per heavy atom. The van der Waals surface area contributed by atoms with E-state index in [9.17, 15) is 4.39 Å².